The van der Waals surface area contributed by atoms with Crippen molar-refractivity contribution in [1.29, 1.82) is 0 Å². The number of para-hydroxylation sites is 3. The van der Waals surface area contributed by atoms with Gasteiger partial charge in [0.05, 0.1) is 17.1 Å². The van der Waals surface area contributed by atoms with E-state index < -0.39 is 0 Å². The maximum absolute atomic E-state index is 6.65. The van der Waals surface area contributed by atoms with E-state index in [2.05, 4.69) is 183 Å². The molecule has 0 N–H and O–H groups in total. The zero-order chi connectivity index (χ0) is 35.6. The standard InChI is InChI=1S/C50H40N2O/c1-49(2)39-18-10-8-16-35(39)36-25-24-34(30-41(36)49)52-42-26-22-31(28-38(42)47-48(52)37-17-9-11-19-40(37)50(47,3)4)32-23-27-44-46(29-32)53-45-21-13-12-20-43(45)51(44)33-14-6-5-7-15-33/h5-21,23-31H,22H2,1-4H3. The minimum absolute atomic E-state index is 0.0679. The van der Waals surface area contributed by atoms with Crippen LogP contribution in [0.25, 0.3) is 40.2 Å². The lowest BCUT2D eigenvalue weighted by molar-refractivity contribution is 0.476. The van der Waals surface area contributed by atoms with Gasteiger partial charge in [0.2, 0.25) is 0 Å². The molecule has 1 atom stereocenters. The van der Waals surface area contributed by atoms with Crippen molar-refractivity contribution in [3.05, 3.63) is 178 Å². The van der Waals surface area contributed by atoms with Crippen LogP contribution in [0.2, 0.25) is 0 Å². The third kappa shape index (κ3) is 4.16. The van der Waals surface area contributed by atoms with Gasteiger partial charge in [0, 0.05) is 44.3 Å². The predicted molar refractivity (Wildman–Crippen MR) is 218 cm³/mol. The summed E-state index contributed by atoms with van der Waals surface area (Å²) < 4.78 is 9.23. The van der Waals surface area contributed by atoms with Crippen molar-refractivity contribution in [3.8, 4) is 39.6 Å². The number of hydrogen-bond donors (Lipinski definition) is 0. The van der Waals surface area contributed by atoms with Crippen molar-refractivity contribution in [3.63, 3.8) is 0 Å². The number of fused-ring (bicyclic) bond motifs is 10. The molecule has 3 nitrogen and oxygen atoms in total. The van der Waals surface area contributed by atoms with E-state index in [-0.39, 0.29) is 16.7 Å². The van der Waals surface area contributed by atoms with Gasteiger partial charge in [0.25, 0.3) is 0 Å². The predicted octanol–water partition coefficient (Wildman–Crippen LogP) is 11.4. The third-order valence-corrected chi connectivity index (χ3v) is 12.5. The lowest BCUT2D eigenvalue weighted by Gasteiger charge is -2.33. The summed E-state index contributed by atoms with van der Waals surface area (Å²) in [5.74, 6) is 1.98. The highest BCUT2D eigenvalue weighted by molar-refractivity contribution is 5.87. The zero-order valence-corrected chi connectivity index (χ0v) is 30.5. The second kappa shape index (κ2) is 10.7. The van der Waals surface area contributed by atoms with Crippen LogP contribution < -0.4 is 20.2 Å². The summed E-state index contributed by atoms with van der Waals surface area (Å²) in [4.78, 5) is 2.32. The van der Waals surface area contributed by atoms with Crippen LogP contribution in [0.3, 0.4) is 0 Å². The first-order valence-electron chi connectivity index (χ1n) is 18.9. The molecular formula is C50H40N2O. The van der Waals surface area contributed by atoms with Crippen LogP contribution in [0, 0.1) is 0 Å². The van der Waals surface area contributed by atoms with Crippen LogP contribution >= 0.6 is 0 Å². The fourth-order valence-electron chi connectivity index (χ4n) is 9.93. The number of aromatic nitrogens is 1. The van der Waals surface area contributed by atoms with E-state index >= 15 is 0 Å². The Hall–Kier alpha value is -6.06. The third-order valence-electron chi connectivity index (χ3n) is 12.5. The average Bonchev–Trinajstić information content (AvgIpc) is 3.74. The molecule has 1 aromatic heterocycles. The first-order chi connectivity index (χ1) is 25.8. The highest BCUT2D eigenvalue weighted by Crippen LogP contribution is 2.53. The number of nitrogens with zero attached hydrogens (tertiary/aromatic N) is 2. The summed E-state index contributed by atoms with van der Waals surface area (Å²) in [6, 6.07) is 50.9. The van der Waals surface area contributed by atoms with Crippen LogP contribution in [-0.2, 0) is 10.8 Å². The number of ether oxygens (including phenoxy) is 1. The summed E-state index contributed by atoms with van der Waals surface area (Å²) >= 11 is 0. The molecule has 0 fully saturated rings. The van der Waals surface area contributed by atoms with Gasteiger partial charge in [-0.25, -0.2) is 0 Å². The molecule has 2 heterocycles. The molecule has 1 aliphatic heterocycles. The molecule has 3 heteroatoms. The monoisotopic (exact) mass is 684 g/mol. The molecule has 7 aromatic rings. The van der Waals surface area contributed by atoms with Crippen LogP contribution in [-0.4, -0.2) is 4.57 Å². The molecule has 0 bridgehead atoms. The summed E-state index contributed by atoms with van der Waals surface area (Å²) in [5, 5.41) is 2.66. The van der Waals surface area contributed by atoms with Gasteiger partial charge in [-0.15, -0.1) is 0 Å². The zero-order valence-electron chi connectivity index (χ0n) is 30.5. The molecule has 53 heavy (non-hydrogen) atoms. The van der Waals surface area contributed by atoms with Crippen molar-refractivity contribution in [2.75, 3.05) is 4.90 Å². The Morgan fingerprint density at radius 3 is 2.08 bits per heavy atom. The molecule has 11 rings (SSSR count). The van der Waals surface area contributed by atoms with Crippen LogP contribution in [0.15, 0.2) is 140 Å². The first-order valence-corrected chi connectivity index (χ1v) is 18.9. The maximum atomic E-state index is 6.65. The number of benzene rings is 6. The molecule has 6 aromatic carbocycles. The van der Waals surface area contributed by atoms with E-state index in [1.54, 1.807) is 0 Å². The van der Waals surface area contributed by atoms with Gasteiger partial charge in [-0.05, 0) is 93.9 Å². The molecule has 1 unspecified atom stereocenters. The van der Waals surface area contributed by atoms with E-state index in [9.17, 15) is 0 Å². The summed E-state index contributed by atoms with van der Waals surface area (Å²) in [6.45, 7) is 9.56. The van der Waals surface area contributed by atoms with Gasteiger partial charge in [0.1, 0.15) is 0 Å². The van der Waals surface area contributed by atoms with E-state index in [0.717, 1.165) is 35.0 Å². The van der Waals surface area contributed by atoms with Crippen molar-refractivity contribution in [2.24, 2.45) is 0 Å². The molecule has 4 aliphatic rings. The molecule has 0 saturated carbocycles. The number of hydrogen-bond acceptors (Lipinski definition) is 2. The largest absolute Gasteiger partial charge is 0.453 e. The normalized spacial score (nSPS) is 17.5. The Morgan fingerprint density at radius 2 is 1.25 bits per heavy atom. The fourth-order valence-corrected chi connectivity index (χ4v) is 9.93. The van der Waals surface area contributed by atoms with E-state index in [0.29, 0.717) is 0 Å². The van der Waals surface area contributed by atoms with Gasteiger partial charge in [0.15, 0.2) is 11.5 Å². The lowest BCUT2D eigenvalue weighted by atomic mass is 9.81. The molecule has 0 saturated heterocycles. The summed E-state index contributed by atoms with van der Waals surface area (Å²) in [6.07, 6.45) is 5.96. The van der Waals surface area contributed by atoms with Crippen molar-refractivity contribution >= 4 is 29.2 Å². The lowest BCUT2D eigenvalue weighted by Crippen LogP contribution is -2.36. The van der Waals surface area contributed by atoms with Gasteiger partial charge < -0.3 is 14.2 Å². The second-order valence-electron chi connectivity index (χ2n) is 16.1. The van der Waals surface area contributed by atoms with Gasteiger partial charge in [-0.2, -0.15) is 0 Å². The summed E-state index contributed by atoms with van der Waals surface area (Å²) in [5.41, 5.74) is 16.5. The minimum Gasteiger partial charge on any atom is -0.453 e. The van der Waals surface area contributed by atoms with E-state index in [1.807, 2.05) is 6.07 Å². The van der Waals surface area contributed by atoms with Crippen molar-refractivity contribution in [1.82, 2.24) is 4.57 Å². The van der Waals surface area contributed by atoms with Gasteiger partial charge in [-0.3, -0.25) is 0 Å². The van der Waals surface area contributed by atoms with Crippen LogP contribution in [0.1, 0.15) is 67.9 Å². The highest BCUT2D eigenvalue weighted by Gasteiger charge is 2.41. The van der Waals surface area contributed by atoms with Crippen molar-refractivity contribution in [2.45, 2.75) is 50.9 Å². The maximum Gasteiger partial charge on any atom is 0.151 e. The Bertz CT molecular complexity index is 2800. The number of rotatable bonds is 3. The molecular weight excluding hydrogens is 645 g/mol. The van der Waals surface area contributed by atoms with E-state index in [1.165, 1.54) is 66.5 Å². The Kier molecular flexibility index (Phi) is 6.19. The van der Waals surface area contributed by atoms with Gasteiger partial charge >= 0.3 is 0 Å². The summed E-state index contributed by atoms with van der Waals surface area (Å²) in [7, 11) is 0. The molecule has 256 valence electrons. The number of anilines is 3. The Labute approximate surface area is 310 Å². The Morgan fingerprint density at radius 1 is 0.566 bits per heavy atom. The van der Waals surface area contributed by atoms with Crippen LogP contribution in [0.4, 0.5) is 17.1 Å². The Balaban J connectivity index is 1.08. The van der Waals surface area contributed by atoms with Crippen molar-refractivity contribution < 1.29 is 4.74 Å². The minimum atomic E-state index is -0.140. The smallest absolute Gasteiger partial charge is 0.151 e. The second-order valence-corrected chi connectivity index (χ2v) is 16.1. The quantitative estimate of drug-likeness (QED) is 0.184. The molecule has 0 radical (unpaired) electrons. The van der Waals surface area contributed by atoms with Crippen LogP contribution in [0.5, 0.6) is 11.5 Å². The fraction of sp³-hybridized carbons (Fsp3) is 0.160. The van der Waals surface area contributed by atoms with E-state index in [4.69, 9.17) is 4.74 Å². The highest BCUT2D eigenvalue weighted by atomic mass is 16.5. The molecule has 0 amide bonds. The van der Waals surface area contributed by atoms with Gasteiger partial charge in [-0.1, -0.05) is 131 Å². The first kappa shape index (κ1) is 30.6. The SMILES string of the molecule is CC1(C)c2ccccc2-c2ccc(-n3c4c(c5c3=CCC(c3ccc6c(c3)Oc3ccccc3N6c3ccccc3)C=5)C(C)(C)c3ccccc3-4)cc21. The molecule has 3 aliphatic carbocycles. The topological polar surface area (TPSA) is 17.4 Å². The average molecular weight is 685 g/mol. The molecule has 0 spiro atoms.